The van der Waals surface area contributed by atoms with E-state index in [0.717, 1.165) is 21.7 Å². The highest BCUT2D eigenvalue weighted by Gasteiger charge is 2.21. The average molecular weight is 351 g/mol. The van der Waals surface area contributed by atoms with E-state index in [-0.39, 0.29) is 0 Å². The van der Waals surface area contributed by atoms with Crippen LogP contribution in [0.15, 0.2) is 60.7 Å². The molecule has 1 aromatic heterocycles. The number of carbonyl (C=O) groups is 2. The Hall–Kier alpha value is -2.99. The smallest absolute Gasteiger partial charge is 0.238 e. The van der Waals surface area contributed by atoms with Crippen LogP contribution < -0.4 is 11.1 Å². The molecule has 5 nitrogen and oxygen atoms in total. The fraction of sp³-hybridized carbons (Fsp3) is 0.105. The number of hydrogen-bond acceptors (Lipinski definition) is 4. The number of thiazole rings is 1. The van der Waals surface area contributed by atoms with Crippen LogP contribution in [0.2, 0.25) is 0 Å². The Bertz CT molecular complexity index is 835. The van der Waals surface area contributed by atoms with E-state index in [1.807, 2.05) is 60.7 Å². The first-order valence-electron chi connectivity index (χ1n) is 7.78. The van der Waals surface area contributed by atoms with Crippen molar-refractivity contribution in [2.45, 2.75) is 6.92 Å². The van der Waals surface area contributed by atoms with Gasteiger partial charge >= 0.3 is 0 Å². The van der Waals surface area contributed by atoms with Gasteiger partial charge in [-0.1, -0.05) is 72.0 Å². The van der Waals surface area contributed by atoms with Crippen molar-refractivity contribution in [3.8, 4) is 21.7 Å². The van der Waals surface area contributed by atoms with E-state index < -0.39 is 17.7 Å². The first kappa shape index (κ1) is 16.9. The van der Waals surface area contributed by atoms with Crippen LogP contribution in [-0.4, -0.2) is 16.8 Å². The van der Waals surface area contributed by atoms with E-state index in [0.29, 0.717) is 5.13 Å². The fourth-order valence-electron chi connectivity index (χ4n) is 2.29. The number of nitrogens with zero attached hydrogens (tertiary/aromatic N) is 1. The summed E-state index contributed by atoms with van der Waals surface area (Å²) in [6.45, 7) is 1.47. The summed E-state index contributed by atoms with van der Waals surface area (Å²) in [4.78, 5) is 28.8. The third kappa shape index (κ3) is 3.75. The van der Waals surface area contributed by atoms with Crippen LogP contribution in [0.25, 0.3) is 21.7 Å². The molecule has 0 radical (unpaired) electrons. The number of aromatic nitrogens is 1. The van der Waals surface area contributed by atoms with Gasteiger partial charge in [-0.3, -0.25) is 9.59 Å². The van der Waals surface area contributed by atoms with E-state index in [2.05, 4.69) is 10.3 Å². The molecule has 0 aliphatic carbocycles. The molecule has 3 rings (SSSR count). The van der Waals surface area contributed by atoms with Crippen LogP contribution >= 0.6 is 11.3 Å². The molecule has 3 N–H and O–H groups in total. The summed E-state index contributed by atoms with van der Waals surface area (Å²) < 4.78 is 0. The van der Waals surface area contributed by atoms with Crippen LogP contribution in [0.1, 0.15) is 6.92 Å². The lowest BCUT2D eigenvalue weighted by Gasteiger charge is -2.05. The van der Waals surface area contributed by atoms with Crippen LogP contribution in [0, 0.1) is 5.92 Å². The van der Waals surface area contributed by atoms with E-state index in [9.17, 15) is 9.59 Å². The van der Waals surface area contributed by atoms with Gasteiger partial charge in [0.05, 0.1) is 10.6 Å². The molecule has 6 heteroatoms. The standard InChI is InChI=1S/C19H17N3O2S/c1-12(17(20)23)18(24)22-19-21-15(13-8-4-2-5-9-13)16(25-19)14-10-6-3-7-11-14/h2-12H,1H3,(H2,20,23)(H,21,22,24). The molecule has 126 valence electrons. The summed E-state index contributed by atoms with van der Waals surface area (Å²) in [5.41, 5.74) is 7.96. The highest BCUT2D eigenvalue weighted by molar-refractivity contribution is 7.19. The van der Waals surface area contributed by atoms with Gasteiger partial charge in [-0.05, 0) is 12.5 Å². The molecule has 25 heavy (non-hydrogen) atoms. The normalized spacial score (nSPS) is 11.7. The monoisotopic (exact) mass is 351 g/mol. The number of anilines is 1. The van der Waals surface area contributed by atoms with Gasteiger partial charge in [0.2, 0.25) is 11.8 Å². The van der Waals surface area contributed by atoms with Crippen LogP contribution in [0.5, 0.6) is 0 Å². The predicted molar refractivity (Wildman–Crippen MR) is 100.0 cm³/mol. The maximum absolute atomic E-state index is 12.1. The maximum Gasteiger partial charge on any atom is 0.238 e. The molecule has 0 saturated heterocycles. The van der Waals surface area contributed by atoms with E-state index in [1.165, 1.54) is 18.3 Å². The average Bonchev–Trinajstić information content (AvgIpc) is 3.06. The zero-order valence-electron chi connectivity index (χ0n) is 13.6. The molecule has 3 aromatic rings. The Kier molecular flexibility index (Phi) is 4.90. The topological polar surface area (TPSA) is 85.1 Å². The molecule has 0 spiro atoms. The van der Waals surface area contributed by atoms with E-state index in [4.69, 9.17) is 5.73 Å². The lowest BCUT2D eigenvalue weighted by molar-refractivity contribution is -0.129. The van der Waals surface area contributed by atoms with Crippen molar-refractivity contribution >= 4 is 28.3 Å². The summed E-state index contributed by atoms with van der Waals surface area (Å²) in [7, 11) is 0. The van der Waals surface area contributed by atoms with Crippen molar-refractivity contribution < 1.29 is 9.59 Å². The largest absolute Gasteiger partial charge is 0.369 e. The minimum absolute atomic E-state index is 0.441. The van der Waals surface area contributed by atoms with Crippen LogP contribution in [0.4, 0.5) is 5.13 Å². The highest BCUT2D eigenvalue weighted by Crippen LogP contribution is 2.38. The van der Waals surface area contributed by atoms with Crippen LogP contribution in [-0.2, 0) is 9.59 Å². The summed E-state index contributed by atoms with van der Waals surface area (Å²) in [6, 6.07) is 19.6. The zero-order valence-corrected chi connectivity index (χ0v) is 14.4. The molecule has 2 amide bonds. The van der Waals surface area contributed by atoms with Crippen molar-refractivity contribution in [2.75, 3.05) is 5.32 Å². The van der Waals surface area contributed by atoms with Crippen molar-refractivity contribution in [3.05, 3.63) is 60.7 Å². The third-order valence-corrected chi connectivity index (χ3v) is 4.78. The molecule has 1 atom stereocenters. The number of nitrogens with two attached hydrogens (primary N) is 1. The number of nitrogens with one attached hydrogen (secondary N) is 1. The summed E-state index contributed by atoms with van der Waals surface area (Å²) in [6.07, 6.45) is 0. The summed E-state index contributed by atoms with van der Waals surface area (Å²) in [5.74, 6) is -2.04. The van der Waals surface area contributed by atoms with Crippen molar-refractivity contribution in [1.82, 2.24) is 4.98 Å². The SMILES string of the molecule is CC(C(N)=O)C(=O)Nc1nc(-c2ccccc2)c(-c2ccccc2)s1. The zero-order chi connectivity index (χ0) is 17.8. The molecular formula is C19H17N3O2S. The molecular weight excluding hydrogens is 334 g/mol. The summed E-state index contributed by atoms with van der Waals surface area (Å²) >= 11 is 1.37. The number of carbonyl (C=O) groups excluding carboxylic acids is 2. The third-order valence-electron chi connectivity index (χ3n) is 3.76. The Morgan fingerprint density at radius 1 is 1.00 bits per heavy atom. The molecule has 0 saturated carbocycles. The van der Waals surface area contributed by atoms with Gasteiger partial charge in [-0.15, -0.1) is 0 Å². The van der Waals surface area contributed by atoms with Gasteiger partial charge in [0.1, 0.15) is 5.92 Å². The van der Waals surface area contributed by atoms with Gasteiger partial charge in [0.25, 0.3) is 0 Å². The number of amides is 2. The number of benzene rings is 2. The molecule has 1 unspecified atom stereocenters. The predicted octanol–water partition coefficient (Wildman–Crippen LogP) is 3.54. The van der Waals surface area contributed by atoms with Gasteiger partial charge in [0.15, 0.2) is 5.13 Å². The van der Waals surface area contributed by atoms with Crippen LogP contribution in [0.3, 0.4) is 0 Å². The minimum Gasteiger partial charge on any atom is -0.369 e. The Morgan fingerprint density at radius 3 is 2.12 bits per heavy atom. The lowest BCUT2D eigenvalue weighted by Crippen LogP contribution is -2.32. The maximum atomic E-state index is 12.1. The molecule has 0 aliphatic heterocycles. The van der Waals surface area contributed by atoms with Gasteiger partial charge in [-0.25, -0.2) is 4.98 Å². The first-order valence-corrected chi connectivity index (χ1v) is 8.59. The molecule has 0 bridgehead atoms. The fourth-order valence-corrected chi connectivity index (χ4v) is 3.29. The molecule has 2 aromatic carbocycles. The molecule has 0 fully saturated rings. The second kappa shape index (κ2) is 7.27. The number of rotatable bonds is 5. The van der Waals surface area contributed by atoms with Gasteiger partial charge in [-0.2, -0.15) is 0 Å². The van der Waals surface area contributed by atoms with E-state index >= 15 is 0 Å². The van der Waals surface area contributed by atoms with Crippen molar-refractivity contribution in [3.63, 3.8) is 0 Å². The molecule has 1 heterocycles. The molecule has 0 aliphatic rings. The Morgan fingerprint density at radius 2 is 1.56 bits per heavy atom. The quantitative estimate of drug-likeness (QED) is 0.690. The Labute approximate surface area is 149 Å². The second-order valence-electron chi connectivity index (χ2n) is 5.54. The number of primary amides is 1. The van der Waals surface area contributed by atoms with Crippen molar-refractivity contribution in [1.29, 1.82) is 0 Å². The number of hydrogen-bond donors (Lipinski definition) is 2. The van der Waals surface area contributed by atoms with Crippen molar-refractivity contribution in [2.24, 2.45) is 11.7 Å². The summed E-state index contributed by atoms with van der Waals surface area (Å²) in [5, 5.41) is 3.13. The minimum atomic E-state index is -0.913. The first-order chi connectivity index (χ1) is 12.1. The Balaban J connectivity index is 2.01. The van der Waals surface area contributed by atoms with Gasteiger partial charge < -0.3 is 11.1 Å². The highest BCUT2D eigenvalue weighted by atomic mass is 32.1. The van der Waals surface area contributed by atoms with E-state index in [1.54, 1.807) is 0 Å². The van der Waals surface area contributed by atoms with Gasteiger partial charge in [0, 0.05) is 5.56 Å². The second-order valence-corrected chi connectivity index (χ2v) is 6.54. The lowest BCUT2D eigenvalue weighted by atomic mass is 10.1.